The van der Waals surface area contributed by atoms with Crippen LogP contribution in [0.3, 0.4) is 0 Å². The summed E-state index contributed by atoms with van der Waals surface area (Å²) in [5, 5.41) is 7.00. The molecule has 0 aromatic heterocycles. The fourth-order valence-corrected chi connectivity index (χ4v) is 7.37. The van der Waals surface area contributed by atoms with Gasteiger partial charge in [0.25, 0.3) is 0 Å². The first-order chi connectivity index (χ1) is 11.5. The Hall–Kier alpha value is -0.630. The molecule has 0 aromatic carbocycles. The van der Waals surface area contributed by atoms with Gasteiger partial charge in [0.1, 0.15) is 5.78 Å². The van der Waals surface area contributed by atoms with E-state index in [-0.39, 0.29) is 0 Å². The van der Waals surface area contributed by atoms with Crippen LogP contribution in [-0.2, 0) is 4.79 Å². The van der Waals surface area contributed by atoms with Crippen LogP contribution in [0.5, 0.6) is 0 Å². The van der Waals surface area contributed by atoms with Gasteiger partial charge in [0.15, 0.2) is 0 Å². The second-order valence-corrected chi connectivity index (χ2v) is 9.25. The third kappa shape index (κ3) is 2.52. The van der Waals surface area contributed by atoms with E-state index < -0.39 is 0 Å². The second-order valence-electron chi connectivity index (χ2n) is 9.25. The molecule has 4 aliphatic rings. The highest BCUT2D eigenvalue weighted by Crippen LogP contribution is 2.66. The highest BCUT2D eigenvalue weighted by Gasteiger charge is 2.58. The molecule has 2 nitrogen and oxygen atoms in total. The number of ketones is 1. The van der Waals surface area contributed by atoms with Gasteiger partial charge in [-0.15, -0.1) is 0 Å². The molecule has 0 aromatic rings. The predicted octanol–water partition coefficient (Wildman–Crippen LogP) is 5.15. The van der Waals surface area contributed by atoms with Crippen LogP contribution in [0.15, 0.2) is 11.6 Å². The predicted molar refractivity (Wildman–Crippen MR) is 98.6 cm³/mol. The minimum Gasteiger partial charge on any atom is -0.400 e. The largest absolute Gasteiger partial charge is 0.400 e. The second kappa shape index (κ2) is 6.59. The van der Waals surface area contributed by atoms with Crippen LogP contribution >= 0.6 is 0 Å². The van der Waals surface area contributed by atoms with E-state index in [1.807, 2.05) is 6.92 Å². The van der Waals surface area contributed by atoms with Crippen LogP contribution in [0.4, 0.5) is 0 Å². The van der Waals surface area contributed by atoms with Gasteiger partial charge in [-0.05, 0) is 86.9 Å². The Morgan fingerprint density at radius 3 is 2.54 bits per heavy atom. The van der Waals surface area contributed by atoms with Gasteiger partial charge in [0.05, 0.1) is 0 Å². The molecule has 2 heteroatoms. The first-order valence-electron chi connectivity index (χ1n) is 10.1. The number of hydrogen-bond acceptors (Lipinski definition) is 2. The Kier molecular flexibility index (Phi) is 4.99. The van der Waals surface area contributed by atoms with E-state index in [9.17, 15) is 4.79 Å². The summed E-state index contributed by atoms with van der Waals surface area (Å²) in [5.41, 5.74) is 2.60. The SMILES string of the molecule is CC(=O)C1CCC2C3CC=C4CCCCC4(C)C3CCC12C.CO. The van der Waals surface area contributed by atoms with Crippen molar-refractivity contribution < 1.29 is 9.90 Å². The van der Waals surface area contributed by atoms with Crippen molar-refractivity contribution in [3.63, 3.8) is 0 Å². The molecule has 6 unspecified atom stereocenters. The lowest BCUT2D eigenvalue weighted by Gasteiger charge is -2.57. The maximum atomic E-state index is 12.1. The van der Waals surface area contributed by atoms with Gasteiger partial charge in [-0.2, -0.15) is 0 Å². The van der Waals surface area contributed by atoms with Gasteiger partial charge < -0.3 is 5.11 Å². The van der Waals surface area contributed by atoms with Crippen LogP contribution in [-0.4, -0.2) is 18.0 Å². The molecule has 136 valence electrons. The summed E-state index contributed by atoms with van der Waals surface area (Å²) in [4.78, 5) is 12.1. The average molecular weight is 333 g/mol. The zero-order valence-corrected chi connectivity index (χ0v) is 16.1. The number of aliphatic hydroxyl groups excluding tert-OH is 1. The third-order valence-corrected chi connectivity index (χ3v) is 8.51. The van der Waals surface area contributed by atoms with E-state index in [2.05, 4.69) is 19.9 Å². The molecule has 4 aliphatic carbocycles. The lowest BCUT2D eigenvalue weighted by atomic mass is 9.47. The van der Waals surface area contributed by atoms with Gasteiger partial charge in [-0.25, -0.2) is 0 Å². The molecule has 0 radical (unpaired) electrons. The van der Waals surface area contributed by atoms with E-state index in [4.69, 9.17) is 5.11 Å². The summed E-state index contributed by atoms with van der Waals surface area (Å²) in [6, 6.07) is 0. The average Bonchev–Trinajstić information content (AvgIpc) is 2.93. The quantitative estimate of drug-likeness (QED) is 0.674. The van der Waals surface area contributed by atoms with Crippen molar-refractivity contribution >= 4 is 5.78 Å². The van der Waals surface area contributed by atoms with Crippen LogP contribution in [0, 0.1) is 34.5 Å². The highest BCUT2D eigenvalue weighted by atomic mass is 16.2. The number of carbonyl (C=O) groups is 1. The molecule has 0 bridgehead atoms. The number of hydrogen-bond donors (Lipinski definition) is 1. The van der Waals surface area contributed by atoms with Crippen LogP contribution in [0.1, 0.15) is 78.6 Å². The molecule has 0 heterocycles. The number of carbonyl (C=O) groups excluding carboxylic acids is 1. The zero-order valence-electron chi connectivity index (χ0n) is 16.1. The molecule has 0 aliphatic heterocycles. The van der Waals surface area contributed by atoms with Crippen molar-refractivity contribution in [2.75, 3.05) is 7.11 Å². The summed E-state index contributed by atoms with van der Waals surface area (Å²) in [6.45, 7) is 6.87. The molecule has 3 saturated carbocycles. The molecule has 3 fully saturated rings. The van der Waals surface area contributed by atoms with Gasteiger partial charge in [-0.3, -0.25) is 4.79 Å². The molecule has 0 amide bonds. The molecule has 6 atom stereocenters. The molecule has 1 N–H and O–H groups in total. The number of fused-ring (bicyclic) bond motifs is 5. The molecule has 0 spiro atoms. The Bertz CT molecular complexity index is 522. The Labute approximate surface area is 148 Å². The monoisotopic (exact) mass is 332 g/mol. The molecular formula is C22H36O2. The third-order valence-electron chi connectivity index (χ3n) is 8.51. The van der Waals surface area contributed by atoms with Crippen molar-refractivity contribution in [3.05, 3.63) is 11.6 Å². The van der Waals surface area contributed by atoms with Crippen LogP contribution < -0.4 is 0 Å². The van der Waals surface area contributed by atoms with Gasteiger partial charge >= 0.3 is 0 Å². The summed E-state index contributed by atoms with van der Waals surface area (Å²) < 4.78 is 0. The Morgan fingerprint density at radius 1 is 1.08 bits per heavy atom. The van der Waals surface area contributed by atoms with Gasteiger partial charge in [-0.1, -0.05) is 31.9 Å². The fraction of sp³-hybridized carbons (Fsp3) is 0.864. The Morgan fingerprint density at radius 2 is 1.83 bits per heavy atom. The lowest BCUT2D eigenvalue weighted by Crippen LogP contribution is -2.50. The first-order valence-corrected chi connectivity index (χ1v) is 10.1. The minimum atomic E-state index is 0.309. The van der Waals surface area contributed by atoms with E-state index in [0.29, 0.717) is 22.5 Å². The van der Waals surface area contributed by atoms with Crippen molar-refractivity contribution in [2.24, 2.45) is 34.5 Å². The van der Waals surface area contributed by atoms with Crippen molar-refractivity contribution in [1.29, 1.82) is 0 Å². The number of aliphatic hydroxyl groups is 1. The number of allylic oxidation sites excluding steroid dienone is 2. The zero-order chi connectivity index (χ0) is 17.5. The summed E-state index contributed by atoms with van der Waals surface area (Å²) in [5.74, 6) is 3.37. The number of rotatable bonds is 1. The molecule has 0 saturated heterocycles. The van der Waals surface area contributed by atoms with Crippen molar-refractivity contribution in [1.82, 2.24) is 0 Å². The van der Waals surface area contributed by atoms with Crippen molar-refractivity contribution in [2.45, 2.75) is 78.6 Å². The fourth-order valence-electron chi connectivity index (χ4n) is 7.37. The van der Waals surface area contributed by atoms with E-state index >= 15 is 0 Å². The normalized spacial score (nSPS) is 46.6. The maximum absolute atomic E-state index is 12.1. The standard InChI is InChI=1S/C21H32O.CH4O/c1-14(22)17-9-10-18-16-8-7-15-6-4-5-12-20(15,2)19(16)11-13-21(17,18)3;1-2/h7,16-19H,4-6,8-13H2,1-3H3;2H,1H3. The topological polar surface area (TPSA) is 37.3 Å². The van der Waals surface area contributed by atoms with Crippen molar-refractivity contribution in [3.8, 4) is 0 Å². The van der Waals surface area contributed by atoms with E-state index in [1.165, 1.54) is 51.4 Å². The minimum absolute atomic E-state index is 0.309. The van der Waals surface area contributed by atoms with Crippen LogP contribution in [0.2, 0.25) is 0 Å². The van der Waals surface area contributed by atoms with Gasteiger partial charge in [0, 0.05) is 13.0 Å². The summed E-state index contributed by atoms with van der Waals surface area (Å²) in [6.07, 6.45) is 14.7. The number of Topliss-reactive ketones (excluding diaryl/α,β-unsaturated/α-hetero) is 1. The first kappa shape index (κ1) is 18.2. The smallest absolute Gasteiger partial charge is 0.133 e. The van der Waals surface area contributed by atoms with E-state index in [1.54, 1.807) is 5.57 Å². The summed E-state index contributed by atoms with van der Waals surface area (Å²) in [7, 11) is 1.00. The Balaban J connectivity index is 0.000000815. The molecule has 24 heavy (non-hydrogen) atoms. The molecule has 4 rings (SSSR count). The maximum Gasteiger partial charge on any atom is 0.133 e. The molecular weight excluding hydrogens is 296 g/mol. The highest BCUT2D eigenvalue weighted by molar-refractivity contribution is 5.79. The summed E-state index contributed by atoms with van der Waals surface area (Å²) >= 11 is 0. The van der Waals surface area contributed by atoms with Gasteiger partial charge in [0.2, 0.25) is 0 Å². The van der Waals surface area contributed by atoms with E-state index in [0.717, 1.165) is 31.3 Å². The lowest BCUT2D eigenvalue weighted by molar-refractivity contribution is -0.127. The van der Waals surface area contributed by atoms with Crippen LogP contribution in [0.25, 0.3) is 0 Å².